The zero-order valence-corrected chi connectivity index (χ0v) is 16.7. The molecule has 1 aliphatic rings. The van der Waals surface area contributed by atoms with Gasteiger partial charge in [0, 0.05) is 12.6 Å². The summed E-state index contributed by atoms with van der Waals surface area (Å²) in [4.78, 5) is 18.5. The quantitative estimate of drug-likeness (QED) is 0.708. The Morgan fingerprint density at radius 3 is 2.78 bits per heavy atom. The molecule has 1 unspecified atom stereocenters. The molecule has 1 aliphatic heterocycles. The SMILES string of the molecule is CCN(C(=O)CSc1n[nH]c(C=Cc2ccccc2)n1)C1CCS(=O)(=O)C1. The number of benzene rings is 1. The Bertz CT molecular complexity index is 910. The summed E-state index contributed by atoms with van der Waals surface area (Å²) in [7, 11) is -3.02. The van der Waals surface area contributed by atoms with Crippen LogP contribution in [0.4, 0.5) is 0 Å². The third-order valence-corrected chi connectivity index (χ3v) is 6.93. The number of thioether (sulfide) groups is 1. The maximum atomic E-state index is 12.5. The number of carbonyl (C=O) groups excluding carboxylic acids is 1. The number of nitrogens with one attached hydrogen (secondary N) is 1. The molecule has 1 atom stereocenters. The van der Waals surface area contributed by atoms with E-state index in [1.807, 2.05) is 49.4 Å². The van der Waals surface area contributed by atoms with Crippen molar-refractivity contribution in [1.29, 1.82) is 0 Å². The van der Waals surface area contributed by atoms with E-state index in [1.54, 1.807) is 4.90 Å². The summed E-state index contributed by atoms with van der Waals surface area (Å²) in [5, 5.41) is 7.44. The topological polar surface area (TPSA) is 96.0 Å². The van der Waals surface area contributed by atoms with E-state index in [0.29, 0.717) is 23.9 Å². The van der Waals surface area contributed by atoms with E-state index < -0.39 is 9.84 Å². The molecule has 0 saturated carbocycles. The summed E-state index contributed by atoms with van der Waals surface area (Å²) >= 11 is 1.25. The molecule has 0 bridgehead atoms. The Labute approximate surface area is 163 Å². The number of sulfone groups is 1. The van der Waals surface area contributed by atoms with E-state index in [9.17, 15) is 13.2 Å². The minimum atomic E-state index is -3.02. The van der Waals surface area contributed by atoms with Gasteiger partial charge in [0.1, 0.15) is 5.82 Å². The third kappa shape index (κ3) is 5.43. The largest absolute Gasteiger partial charge is 0.338 e. The van der Waals surface area contributed by atoms with Gasteiger partial charge in [-0.25, -0.2) is 13.4 Å². The first-order valence-electron chi connectivity index (χ1n) is 8.75. The molecule has 1 fully saturated rings. The van der Waals surface area contributed by atoms with Crippen molar-refractivity contribution < 1.29 is 13.2 Å². The summed E-state index contributed by atoms with van der Waals surface area (Å²) < 4.78 is 23.3. The summed E-state index contributed by atoms with van der Waals surface area (Å²) in [5.74, 6) is 0.932. The third-order valence-electron chi connectivity index (χ3n) is 4.35. The lowest BCUT2D eigenvalue weighted by molar-refractivity contribution is -0.129. The van der Waals surface area contributed by atoms with Gasteiger partial charge in [0.2, 0.25) is 11.1 Å². The fourth-order valence-electron chi connectivity index (χ4n) is 3.01. The predicted octanol–water partition coefficient (Wildman–Crippen LogP) is 2.10. The summed E-state index contributed by atoms with van der Waals surface area (Å²) in [6.45, 7) is 2.37. The molecular weight excluding hydrogens is 384 g/mol. The van der Waals surface area contributed by atoms with Crippen LogP contribution < -0.4 is 0 Å². The Balaban J connectivity index is 1.54. The van der Waals surface area contributed by atoms with E-state index in [2.05, 4.69) is 15.2 Å². The number of hydrogen-bond donors (Lipinski definition) is 1. The lowest BCUT2D eigenvalue weighted by Crippen LogP contribution is -2.41. The molecule has 27 heavy (non-hydrogen) atoms. The standard InChI is InChI=1S/C18H22N4O3S2/c1-2-22(15-10-11-27(24,25)13-15)17(23)12-26-18-19-16(20-21-18)9-8-14-6-4-3-5-7-14/h3-9,15H,2,10-13H2,1H3,(H,19,20,21). The van der Waals surface area contributed by atoms with Crippen LogP contribution in [0.3, 0.4) is 0 Å². The monoisotopic (exact) mass is 406 g/mol. The molecule has 0 radical (unpaired) electrons. The second-order valence-corrected chi connectivity index (χ2v) is 9.44. The number of amides is 1. The highest BCUT2D eigenvalue weighted by Gasteiger charge is 2.33. The van der Waals surface area contributed by atoms with Crippen molar-refractivity contribution in [2.45, 2.75) is 24.5 Å². The molecule has 3 rings (SSSR count). The molecule has 0 spiro atoms. The molecular formula is C18H22N4O3S2. The average Bonchev–Trinajstić information content (AvgIpc) is 3.26. The molecule has 0 aliphatic carbocycles. The maximum Gasteiger partial charge on any atom is 0.233 e. The average molecular weight is 407 g/mol. The number of nitrogens with zero attached hydrogens (tertiary/aromatic N) is 3. The van der Waals surface area contributed by atoms with Crippen molar-refractivity contribution in [2.75, 3.05) is 23.8 Å². The molecule has 1 aromatic carbocycles. The molecule has 144 valence electrons. The highest BCUT2D eigenvalue weighted by molar-refractivity contribution is 7.99. The Morgan fingerprint density at radius 2 is 2.11 bits per heavy atom. The predicted molar refractivity (Wildman–Crippen MR) is 107 cm³/mol. The van der Waals surface area contributed by atoms with Crippen LogP contribution >= 0.6 is 11.8 Å². The number of carbonyl (C=O) groups is 1. The van der Waals surface area contributed by atoms with E-state index in [4.69, 9.17) is 0 Å². The number of H-pyrrole nitrogens is 1. The number of aromatic amines is 1. The van der Waals surface area contributed by atoms with Gasteiger partial charge in [-0.1, -0.05) is 48.2 Å². The highest BCUT2D eigenvalue weighted by atomic mass is 32.2. The van der Waals surface area contributed by atoms with Crippen molar-refractivity contribution in [3.8, 4) is 0 Å². The minimum absolute atomic E-state index is 0.0618. The van der Waals surface area contributed by atoms with Crippen LogP contribution in [0.1, 0.15) is 24.7 Å². The Hall–Kier alpha value is -2.13. The summed E-state index contributed by atoms with van der Waals surface area (Å²) in [6, 6.07) is 9.64. The van der Waals surface area contributed by atoms with E-state index in [0.717, 1.165) is 5.56 Å². The fraction of sp³-hybridized carbons (Fsp3) is 0.389. The van der Waals surface area contributed by atoms with Crippen LogP contribution in [-0.2, 0) is 14.6 Å². The van der Waals surface area contributed by atoms with Crippen LogP contribution in [0.2, 0.25) is 0 Å². The van der Waals surface area contributed by atoms with Crippen LogP contribution in [0, 0.1) is 0 Å². The number of hydrogen-bond acceptors (Lipinski definition) is 6. The maximum absolute atomic E-state index is 12.5. The van der Waals surface area contributed by atoms with Crippen molar-refractivity contribution in [3.05, 3.63) is 41.7 Å². The smallest absolute Gasteiger partial charge is 0.233 e. The lowest BCUT2D eigenvalue weighted by atomic mass is 10.2. The highest BCUT2D eigenvalue weighted by Crippen LogP contribution is 2.20. The van der Waals surface area contributed by atoms with Crippen LogP contribution in [0.5, 0.6) is 0 Å². The van der Waals surface area contributed by atoms with E-state index in [1.165, 1.54) is 11.8 Å². The molecule has 7 nitrogen and oxygen atoms in total. The van der Waals surface area contributed by atoms with E-state index in [-0.39, 0.29) is 29.2 Å². The van der Waals surface area contributed by atoms with Crippen LogP contribution in [0.25, 0.3) is 12.2 Å². The van der Waals surface area contributed by atoms with Gasteiger partial charge in [0.05, 0.1) is 17.3 Å². The second kappa shape index (κ2) is 8.71. The Morgan fingerprint density at radius 1 is 1.33 bits per heavy atom. The van der Waals surface area contributed by atoms with Gasteiger partial charge in [0.25, 0.3) is 0 Å². The molecule has 1 saturated heterocycles. The van der Waals surface area contributed by atoms with Crippen molar-refractivity contribution in [1.82, 2.24) is 20.1 Å². The molecule has 1 N–H and O–H groups in total. The molecule has 2 aromatic rings. The molecule has 1 aromatic heterocycles. The summed E-state index contributed by atoms with van der Waals surface area (Å²) in [6.07, 6.45) is 4.27. The van der Waals surface area contributed by atoms with Gasteiger partial charge in [-0.15, -0.1) is 5.10 Å². The van der Waals surface area contributed by atoms with Gasteiger partial charge < -0.3 is 4.90 Å². The van der Waals surface area contributed by atoms with Gasteiger partial charge >= 0.3 is 0 Å². The van der Waals surface area contributed by atoms with Gasteiger partial charge in [0.15, 0.2) is 9.84 Å². The first-order valence-corrected chi connectivity index (χ1v) is 11.6. The van der Waals surface area contributed by atoms with Gasteiger partial charge in [-0.3, -0.25) is 9.89 Å². The first kappa shape index (κ1) is 19.6. The lowest BCUT2D eigenvalue weighted by Gasteiger charge is -2.26. The Kier molecular flexibility index (Phi) is 6.33. The van der Waals surface area contributed by atoms with E-state index >= 15 is 0 Å². The van der Waals surface area contributed by atoms with Crippen LogP contribution in [-0.4, -0.2) is 64.3 Å². The molecule has 1 amide bonds. The van der Waals surface area contributed by atoms with Gasteiger partial charge in [-0.2, -0.15) is 0 Å². The van der Waals surface area contributed by atoms with Gasteiger partial charge in [-0.05, 0) is 25.0 Å². The minimum Gasteiger partial charge on any atom is -0.338 e. The number of aromatic nitrogens is 3. The van der Waals surface area contributed by atoms with Crippen molar-refractivity contribution in [3.63, 3.8) is 0 Å². The summed E-state index contributed by atoms with van der Waals surface area (Å²) in [5.41, 5.74) is 1.06. The normalized spacial score (nSPS) is 18.8. The van der Waals surface area contributed by atoms with Crippen molar-refractivity contribution in [2.24, 2.45) is 0 Å². The molecule has 9 heteroatoms. The zero-order valence-electron chi connectivity index (χ0n) is 15.0. The second-order valence-electron chi connectivity index (χ2n) is 6.27. The first-order chi connectivity index (χ1) is 13.0. The molecule has 2 heterocycles. The van der Waals surface area contributed by atoms with Crippen LogP contribution in [0.15, 0.2) is 35.5 Å². The number of rotatable bonds is 7. The fourth-order valence-corrected chi connectivity index (χ4v) is 5.43. The zero-order chi connectivity index (χ0) is 19.3. The van der Waals surface area contributed by atoms with Crippen molar-refractivity contribution >= 4 is 39.7 Å².